The summed E-state index contributed by atoms with van der Waals surface area (Å²) in [5, 5.41) is 29.8. The van der Waals surface area contributed by atoms with Gasteiger partial charge in [0.05, 0.1) is 12.2 Å². The van der Waals surface area contributed by atoms with Crippen LogP contribution in [0.15, 0.2) is 30.3 Å². The van der Waals surface area contributed by atoms with Crippen molar-refractivity contribution in [1.29, 1.82) is 0 Å². The Hall–Kier alpha value is -1.93. The van der Waals surface area contributed by atoms with Gasteiger partial charge in [-0.3, -0.25) is 0 Å². The van der Waals surface area contributed by atoms with E-state index in [0.29, 0.717) is 6.42 Å². The molecule has 2 saturated heterocycles. The number of carbonyl (C=O) groups is 1. The third kappa shape index (κ3) is 3.04. The van der Waals surface area contributed by atoms with Crippen LogP contribution in [0.2, 0.25) is 0 Å². The van der Waals surface area contributed by atoms with Crippen molar-refractivity contribution < 1.29 is 34.3 Å². The molecule has 3 aliphatic rings. The third-order valence-corrected chi connectivity index (χ3v) is 5.24. The first-order valence-electron chi connectivity index (χ1n) is 8.30. The summed E-state index contributed by atoms with van der Waals surface area (Å²) in [5.41, 5.74) is -0.326. The molecule has 0 unspecified atom stereocenters. The molecule has 0 radical (unpaired) electrons. The molecule has 0 bridgehead atoms. The zero-order valence-corrected chi connectivity index (χ0v) is 13.4. The van der Waals surface area contributed by atoms with Gasteiger partial charge in [-0.2, -0.15) is 0 Å². The van der Waals surface area contributed by atoms with Crippen LogP contribution in [0.5, 0.6) is 5.75 Å². The minimum atomic E-state index is -1.08. The number of phenols is 1. The summed E-state index contributed by atoms with van der Waals surface area (Å²) >= 11 is 0. The van der Waals surface area contributed by atoms with Crippen LogP contribution in [0.1, 0.15) is 18.4 Å². The van der Waals surface area contributed by atoms with Crippen LogP contribution in [0.4, 0.5) is 0 Å². The Bertz CT molecular complexity index is 685. The maximum Gasteiger partial charge on any atom is 0.331 e. The highest BCUT2D eigenvalue weighted by atomic mass is 16.7. The molecule has 1 aliphatic carbocycles. The van der Waals surface area contributed by atoms with Crippen molar-refractivity contribution >= 4 is 12.0 Å². The maximum atomic E-state index is 12.1. The first-order chi connectivity index (χ1) is 11.9. The van der Waals surface area contributed by atoms with Gasteiger partial charge in [0.2, 0.25) is 0 Å². The van der Waals surface area contributed by atoms with Gasteiger partial charge in [-0.05, 0) is 23.8 Å². The second-order valence-corrected chi connectivity index (χ2v) is 6.90. The molecule has 3 fully saturated rings. The summed E-state index contributed by atoms with van der Waals surface area (Å²) in [5.74, 6) is -0.859. The van der Waals surface area contributed by atoms with E-state index in [-0.39, 0.29) is 30.6 Å². The van der Waals surface area contributed by atoms with Crippen molar-refractivity contribution in [2.24, 2.45) is 11.8 Å². The lowest BCUT2D eigenvalue weighted by atomic mass is 9.84. The highest BCUT2D eigenvalue weighted by molar-refractivity contribution is 5.87. The molecule has 2 heterocycles. The molecule has 25 heavy (non-hydrogen) atoms. The average molecular weight is 348 g/mol. The standard InChI is InChI=1S/C18H20O7/c19-11-4-1-10(2-5-11)3-6-14(20)24-13-8-18(22)9-23-17-16(18)12(13)7-15(21)25-17/h1-6,12-13,15-17,19,21-22H,7-9H2/b6-3-/t12-,13+,15+,16+,17-,18+/m0/s1. The molecule has 7 nitrogen and oxygen atoms in total. The molecule has 2 aliphatic heterocycles. The zero-order chi connectivity index (χ0) is 17.6. The predicted octanol–water partition coefficient (Wildman–Crippen LogP) is 0.779. The number of benzene rings is 1. The molecular formula is C18H20O7. The van der Waals surface area contributed by atoms with Gasteiger partial charge in [0, 0.05) is 30.8 Å². The minimum absolute atomic E-state index is 0.114. The number of ether oxygens (including phenoxy) is 3. The van der Waals surface area contributed by atoms with E-state index in [0.717, 1.165) is 5.56 Å². The number of carbonyl (C=O) groups excluding carboxylic acids is 1. The molecule has 0 amide bonds. The highest BCUT2D eigenvalue weighted by Crippen LogP contribution is 2.53. The Morgan fingerprint density at radius 3 is 2.84 bits per heavy atom. The number of aliphatic hydroxyl groups is 2. The van der Waals surface area contributed by atoms with Crippen LogP contribution in [0, 0.1) is 11.8 Å². The van der Waals surface area contributed by atoms with Crippen LogP contribution in [0.25, 0.3) is 6.08 Å². The van der Waals surface area contributed by atoms with Gasteiger partial charge in [0.1, 0.15) is 11.9 Å². The summed E-state index contributed by atoms with van der Waals surface area (Å²) in [6, 6.07) is 6.42. The number of hydrogen-bond acceptors (Lipinski definition) is 7. The highest BCUT2D eigenvalue weighted by Gasteiger charge is 2.64. The van der Waals surface area contributed by atoms with Crippen LogP contribution in [0.3, 0.4) is 0 Å². The Kier molecular flexibility index (Phi) is 4.04. The quantitative estimate of drug-likeness (QED) is 0.547. The summed E-state index contributed by atoms with van der Waals surface area (Å²) in [4.78, 5) is 12.1. The van der Waals surface area contributed by atoms with E-state index in [1.165, 1.54) is 18.2 Å². The molecule has 4 rings (SSSR count). The fourth-order valence-electron chi connectivity index (χ4n) is 4.14. The first kappa shape index (κ1) is 16.5. The van der Waals surface area contributed by atoms with Gasteiger partial charge in [-0.25, -0.2) is 4.79 Å². The van der Waals surface area contributed by atoms with Crippen molar-refractivity contribution in [2.45, 2.75) is 37.1 Å². The van der Waals surface area contributed by atoms with Crippen LogP contribution in [-0.4, -0.2) is 52.2 Å². The van der Waals surface area contributed by atoms with Crippen LogP contribution in [-0.2, 0) is 19.0 Å². The van der Waals surface area contributed by atoms with E-state index in [1.807, 2.05) is 0 Å². The predicted molar refractivity (Wildman–Crippen MR) is 85.0 cm³/mol. The van der Waals surface area contributed by atoms with Crippen molar-refractivity contribution in [3.05, 3.63) is 35.9 Å². The number of esters is 1. The number of aliphatic hydroxyl groups excluding tert-OH is 1. The minimum Gasteiger partial charge on any atom is -0.508 e. The van der Waals surface area contributed by atoms with E-state index in [9.17, 15) is 20.1 Å². The molecular weight excluding hydrogens is 328 g/mol. The van der Waals surface area contributed by atoms with E-state index in [4.69, 9.17) is 14.2 Å². The first-order valence-corrected chi connectivity index (χ1v) is 8.30. The summed E-state index contributed by atoms with van der Waals surface area (Å²) in [6.07, 6.45) is 1.35. The van der Waals surface area contributed by atoms with Gasteiger partial charge < -0.3 is 29.5 Å². The Morgan fingerprint density at radius 2 is 2.08 bits per heavy atom. The molecule has 0 spiro atoms. The lowest BCUT2D eigenvalue weighted by Gasteiger charge is -2.35. The molecule has 1 aromatic rings. The Labute approximate surface area is 144 Å². The summed E-state index contributed by atoms with van der Waals surface area (Å²) in [6.45, 7) is 0.114. The number of phenolic OH excluding ortho intramolecular Hbond substituents is 1. The average Bonchev–Trinajstić information content (AvgIpc) is 3.03. The third-order valence-electron chi connectivity index (χ3n) is 5.24. The van der Waals surface area contributed by atoms with Crippen molar-refractivity contribution in [1.82, 2.24) is 0 Å². The lowest BCUT2D eigenvalue weighted by molar-refractivity contribution is -0.266. The largest absolute Gasteiger partial charge is 0.508 e. The molecule has 134 valence electrons. The van der Waals surface area contributed by atoms with E-state index in [1.54, 1.807) is 18.2 Å². The van der Waals surface area contributed by atoms with Gasteiger partial charge in [-0.15, -0.1) is 0 Å². The van der Waals surface area contributed by atoms with Crippen LogP contribution < -0.4 is 0 Å². The van der Waals surface area contributed by atoms with Gasteiger partial charge in [0.15, 0.2) is 12.6 Å². The van der Waals surface area contributed by atoms with Crippen molar-refractivity contribution in [3.63, 3.8) is 0 Å². The van der Waals surface area contributed by atoms with Gasteiger partial charge >= 0.3 is 5.97 Å². The van der Waals surface area contributed by atoms with E-state index in [2.05, 4.69) is 0 Å². The van der Waals surface area contributed by atoms with Gasteiger partial charge in [-0.1, -0.05) is 12.1 Å². The monoisotopic (exact) mass is 348 g/mol. The van der Waals surface area contributed by atoms with Crippen LogP contribution >= 0.6 is 0 Å². The lowest BCUT2D eigenvalue weighted by Crippen LogP contribution is -2.44. The fourth-order valence-corrected chi connectivity index (χ4v) is 4.14. The molecule has 3 N–H and O–H groups in total. The van der Waals surface area contributed by atoms with E-state index >= 15 is 0 Å². The molecule has 0 aromatic heterocycles. The zero-order valence-electron chi connectivity index (χ0n) is 13.4. The second-order valence-electron chi connectivity index (χ2n) is 6.90. The van der Waals surface area contributed by atoms with Gasteiger partial charge in [0.25, 0.3) is 0 Å². The van der Waals surface area contributed by atoms with E-state index < -0.39 is 30.3 Å². The summed E-state index contributed by atoms with van der Waals surface area (Å²) < 4.78 is 16.3. The molecule has 1 aromatic carbocycles. The van der Waals surface area contributed by atoms with Crippen molar-refractivity contribution in [3.8, 4) is 5.75 Å². The SMILES string of the molecule is O=C(/C=C\c1ccc(O)cc1)O[C@@H]1C[C@@]2(O)CO[C@H]3O[C@@H](O)C[C@@H]1[C@H]32. The smallest absolute Gasteiger partial charge is 0.331 e. The second kappa shape index (κ2) is 6.10. The number of hydrogen-bond donors (Lipinski definition) is 3. The molecule has 1 saturated carbocycles. The molecule has 7 heteroatoms. The maximum absolute atomic E-state index is 12.1. The Balaban J connectivity index is 1.44. The normalized spacial score (nSPS) is 39.5. The fraction of sp³-hybridized carbons (Fsp3) is 0.500. The number of aromatic hydroxyl groups is 1. The topological polar surface area (TPSA) is 105 Å². The van der Waals surface area contributed by atoms with Crippen molar-refractivity contribution in [2.75, 3.05) is 6.61 Å². The molecule has 6 atom stereocenters. The number of rotatable bonds is 3. The summed E-state index contributed by atoms with van der Waals surface area (Å²) in [7, 11) is 0. The Morgan fingerprint density at radius 1 is 1.32 bits per heavy atom.